The van der Waals surface area contributed by atoms with Crippen LogP contribution in [-0.2, 0) is 32.1 Å². The Morgan fingerprint density at radius 2 is 1.47 bits per heavy atom. The molecule has 0 aliphatic carbocycles. The number of likely N-dealkylation sites (N-methyl/N-ethyl adjacent to an activating group) is 2. The van der Waals surface area contributed by atoms with Crippen molar-refractivity contribution in [3.05, 3.63) is 53.6 Å². The summed E-state index contributed by atoms with van der Waals surface area (Å²) >= 11 is 0. The number of carbonyl (C=O) groups is 4. The Hall–Kier alpha value is -4.89. The molecule has 2 aliphatic heterocycles. The Bertz CT molecular complexity index is 2130. The molecule has 6 atom stereocenters. The van der Waals surface area contributed by atoms with Crippen LogP contribution in [0, 0.1) is 17.6 Å². The molecule has 2 aliphatic rings. The Kier molecular flexibility index (Phi) is 13.5. The van der Waals surface area contributed by atoms with Crippen LogP contribution in [0.15, 0.2) is 36.4 Å². The molecule has 15 heteroatoms. The van der Waals surface area contributed by atoms with E-state index in [0.717, 1.165) is 30.2 Å². The Labute approximate surface area is 339 Å². The van der Waals surface area contributed by atoms with Crippen LogP contribution in [0.5, 0.6) is 0 Å². The zero-order valence-corrected chi connectivity index (χ0v) is 34.8. The van der Waals surface area contributed by atoms with E-state index in [9.17, 15) is 28.0 Å². The number of nitrogens with one attached hydrogen (secondary N) is 5. The van der Waals surface area contributed by atoms with Crippen LogP contribution in [0.25, 0.3) is 33.5 Å². The number of hydrogen-bond donors (Lipinski definition) is 5. The van der Waals surface area contributed by atoms with Gasteiger partial charge in [0.05, 0.1) is 28.8 Å². The summed E-state index contributed by atoms with van der Waals surface area (Å²) in [6.07, 6.45) is 4.65. The van der Waals surface area contributed by atoms with Crippen LogP contribution in [0.2, 0.25) is 0 Å². The smallest absolute Gasteiger partial charge is 0.245 e. The van der Waals surface area contributed by atoms with E-state index in [1.54, 1.807) is 40.1 Å². The van der Waals surface area contributed by atoms with Crippen molar-refractivity contribution in [1.29, 1.82) is 0 Å². The van der Waals surface area contributed by atoms with E-state index < -0.39 is 35.8 Å². The van der Waals surface area contributed by atoms with E-state index in [1.165, 1.54) is 24.3 Å². The molecule has 0 spiro atoms. The van der Waals surface area contributed by atoms with E-state index in [2.05, 4.69) is 26.3 Å². The number of aromatic amines is 1. The maximum absolute atomic E-state index is 14.8. The second kappa shape index (κ2) is 18.4. The lowest BCUT2D eigenvalue weighted by Crippen LogP contribution is -2.55. The Morgan fingerprint density at radius 3 is 2.12 bits per heavy atom. The van der Waals surface area contributed by atoms with Gasteiger partial charge in [0.2, 0.25) is 23.6 Å². The second-order valence-corrected chi connectivity index (χ2v) is 16.3. The topological polar surface area (TPSA) is 156 Å². The summed E-state index contributed by atoms with van der Waals surface area (Å²) in [5, 5.41) is 12.6. The first-order valence-corrected chi connectivity index (χ1v) is 20.8. The molecular formula is C43H59F2N9O4. The minimum Gasteiger partial charge on any atom is -0.352 e. The fourth-order valence-electron chi connectivity index (χ4n) is 8.48. The van der Waals surface area contributed by atoms with Gasteiger partial charge in [-0.3, -0.25) is 19.2 Å². The third-order valence-electron chi connectivity index (χ3n) is 12.0. The van der Waals surface area contributed by atoms with Crippen LogP contribution >= 0.6 is 0 Å². The normalized spacial score (nSPS) is 19.2. The number of likely N-dealkylation sites (tertiary alicyclic amines) is 2. The van der Waals surface area contributed by atoms with Crippen molar-refractivity contribution < 1.29 is 28.0 Å². The molecule has 2 fully saturated rings. The maximum atomic E-state index is 14.8. The summed E-state index contributed by atoms with van der Waals surface area (Å²) in [5.74, 6) is -1.27. The summed E-state index contributed by atoms with van der Waals surface area (Å²) in [7, 11) is 3.40. The zero-order chi connectivity index (χ0) is 41.8. The predicted molar refractivity (Wildman–Crippen MR) is 221 cm³/mol. The summed E-state index contributed by atoms with van der Waals surface area (Å²) in [6, 6.07) is 6.28. The molecule has 2 aromatic heterocycles. The van der Waals surface area contributed by atoms with Gasteiger partial charge in [-0.05, 0) is 108 Å². The SMILES string of the molecule is CCCC(NC(=O)C(C)NC)C(=O)N1CCCC1Cc1c(-c2nc3cc(F)ccc3n2CC2CCCN2C(=O)C(NC(=O)C(C)NC)C(C)C)[nH]c2cc(F)ccc12. The number of amides is 4. The third-order valence-corrected chi connectivity index (χ3v) is 12.0. The minimum atomic E-state index is -0.721. The van der Waals surface area contributed by atoms with Crippen molar-refractivity contribution in [1.82, 2.24) is 45.6 Å². The van der Waals surface area contributed by atoms with E-state index in [0.29, 0.717) is 73.4 Å². The van der Waals surface area contributed by atoms with Crippen molar-refractivity contribution in [2.45, 2.75) is 122 Å². The lowest BCUT2D eigenvalue weighted by molar-refractivity contribution is -0.139. The highest BCUT2D eigenvalue weighted by atomic mass is 19.1. The fourth-order valence-corrected chi connectivity index (χ4v) is 8.48. The van der Waals surface area contributed by atoms with Gasteiger partial charge in [-0.2, -0.15) is 0 Å². The van der Waals surface area contributed by atoms with E-state index in [4.69, 9.17) is 4.98 Å². The van der Waals surface area contributed by atoms with Gasteiger partial charge in [0.15, 0.2) is 5.82 Å². The highest BCUT2D eigenvalue weighted by molar-refractivity contribution is 5.93. The number of H-pyrrole nitrogens is 1. The standard InChI is InChI=1S/C43H59F2N9O4/c1-8-11-33(50-40(55)25(4)46-6)42(57)52-18-9-12-29(52)22-32-31-16-14-27(44)20-34(31)48-38(32)39-49-35-21-28(45)15-17-36(35)54(39)23-30-13-10-19-53(30)43(58)37(24(2)3)51-41(56)26(5)47-7/h14-17,20-21,24-26,29-30,33,37,46-48H,8-13,18-19,22-23H2,1-7H3,(H,50,55)(H,51,56). The fraction of sp³-hybridized carbons (Fsp3) is 0.558. The molecule has 13 nitrogen and oxygen atoms in total. The van der Waals surface area contributed by atoms with Gasteiger partial charge in [0.25, 0.3) is 0 Å². The Morgan fingerprint density at radius 1 is 0.845 bits per heavy atom. The summed E-state index contributed by atoms with van der Waals surface area (Å²) in [5.41, 5.74) is 3.14. The average molecular weight is 804 g/mol. The minimum absolute atomic E-state index is 0.126. The second-order valence-electron chi connectivity index (χ2n) is 16.3. The average Bonchev–Trinajstić information content (AvgIpc) is 4.01. The first-order chi connectivity index (χ1) is 27.8. The number of carbonyl (C=O) groups excluding carboxylic acids is 4. The van der Waals surface area contributed by atoms with Crippen molar-refractivity contribution >= 4 is 45.6 Å². The van der Waals surface area contributed by atoms with Crippen LogP contribution in [0.3, 0.4) is 0 Å². The molecule has 58 heavy (non-hydrogen) atoms. The summed E-state index contributed by atoms with van der Waals surface area (Å²) in [4.78, 5) is 66.4. The number of benzene rings is 2. The van der Waals surface area contributed by atoms with E-state index >= 15 is 0 Å². The molecule has 4 amide bonds. The van der Waals surface area contributed by atoms with Gasteiger partial charge in [-0.1, -0.05) is 27.2 Å². The molecule has 0 radical (unpaired) electrons. The highest BCUT2D eigenvalue weighted by Crippen LogP contribution is 2.37. The van der Waals surface area contributed by atoms with Crippen LogP contribution < -0.4 is 21.3 Å². The quantitative estimate of drug-likeness (QED) is 0.111. The van der Waals surface area contributed by atoms with Crippen LogP contribution in [-0.4, -0.2) is 111 Å². The first kappa shape index (κ1) is 42.7. The molecule has 314 valence electrons. The monoisotopic (exact) mass is 803 g/mol. The van der Waals surface area contributed by atoms with Crippen molar-refractivity contribution in [3.63, 3.8) is 0 Å². The molecule has 2 saturated heterocycles. The molecule has 2 aromatic carbocycles. The lowest BCUT2D eigenvalue weighted by Gasteiger charge is -2.32. The van der Waals surface area contributed by atoms with Gasteiger partial charge in [0.1, 0.15) is 23.7 Å². The first-order valence-electron chi connectivity index (χ1n) is 20.8. The van der Waals surface area contributed by atoms with Gasteiger partial charge < -0.3 is 40.6 Å². The number of hydrogen-bond acceptors (Lipinski definition) is 7. The zero-order valence-electron chi connectivity index (χ0n) is 34.8. The number of aromatic nitrogens is 3. The van der Waals surface area contributed by atoms with Gasteiger partial charge in [-0.15, -0.1) is 0 Å². The summed E-state index contributed by atoms with van der Waals surface area (Å²) < 4.78 is 31.6. The molecular weight excluding hydrogens is 745 g/mol. The molecule has 6 unspecified atom stereocenters. The number of imidazole rings is 1. The molecule has 5 N–H and O–H groups in total. The lowest BCUT2D eigenvalue weighted by atomic mass is 9.99. The van der Waals surface area contributed by atoms with Crippen molar-refractivity contribution in [2.75, 3.05) is 27.2 Å². The van der Waals surface area contributed by atoms with Gasteiger partial charge >= 0.3 is 0 Å². The third kappa shape index (κ3) is 8.90. The summed E-state index contributed by atoms with van der Waals surface area (Å²) in [6.45, 7) is 10.7. The molecule has 4 aromatic rings. The number of nitrogens with zero attached hydrogens (tertiary/aromatic N) is 4. The predicted octanol–water partition coefficient (Wildman–Crippen LogP) is 4.63. The Balaban J connectivity index is 1.38. The largest absolute Gasteiger partial charge is 0.352 e. The van der Waals surface area contributed by atoms with E-state index in [-0.39, 0.29) is 41.6 Å². The molecule has 4 heterocycles. The maximum Gasteiger partial charge on any atom is 0.245 e. The van der Waals surface area contributed by atoms with Crippen LogP contribution in [0.4, 0.5) is 8.78 Å². The molecule has 0 saturated carbocycles. The van der Waals surface area contributed by atoms with Crippen LogP contribution in [0.1, 0.15) is 78.7 Å². The highest BCUT2D eigenvalue weighted by Gasteiger charge is 2.38. The van der Waals surface area contributed by atoms with Gasteiger partial charge in [0, 0.05) is 48.7 Å². The molecule has 0 bridgehead atoms. The van der Waals surface area contributed by atoms with Crippen molar-refractivity contribution in [2.24, 2.45) is 5.92 Å². The number of rotatable bonds is 16. The number of halogens is 2. The number of fused-ring (bicyclic) bond motifs is 2. The van der Waals surface area contributed by atoms with E-state index in [1.807, 2.05) is 35.1 Å². The van der Waals surface area contributed by atoms with Crippen molar-refractivity contribution in [3.8, 4) is 11.5 Å². The van der Waals surface area contributed by atoms with Gasteiger partial charge in [-0.25, -0.2) is 13.8 Å². The molecule has 6 rings (SSSR count).